The van der Waals surface area contributed by atoms with Gasteiger partial charge in [0.05, 0.1) is 10.2 Å². The van der Waals surface area contributed by atoms with Crippen LogP contribution < -0.4 is 14.8 Å². The molecule has 3 aromatic rings. The topological polar surface area (TPSA) is 43.4 Å². The van der Waals surface area contributed by atoms with E-state index in [1.165, 1.54) is 0 Å². The highest BCUT2D eigenvalue weighted by atomic mass is 35.5. The molecule has 6 heteroatoms. The van der Waals surface area contributed by atoms with Crippen LogP contribution in [0, 0.1) is 0 Å². The van der Waals surface area contributed by atoms with Crippen molar-refractivity contribution in [1.82, 2.24) is 4.98 Å². The van der Waals surface area contributed by atoms with Crippen molar-refractivity contribution in [1.29, 1.82) is 0 Å². The highest BCUT2D eigenvalue weighted by Crippen LogP contribution is 2.36. The van der Waals surface area contributed by atoms with Gasteiger partial charge in [-0.15, -0.1) is 0 Å². The quantitative estimate of drug-likeness (QED) is 0.761. The normalized spacial score (nSPS) is 12.8. The lowest BCUT2D eigenvalue weighted by Crippen LogP contribution is -1.93. The molecule has 100 valence electrons. The molecule has 0 saturated carbocycles. The third kappa shape index (κ3) is 2.05. The van der Waals surface area contributed by atoms with Crippen molar-refractivity contribution in [2.75, 3.05) is 12.1 Å². The summed E-state index contributed by atoms with van der Waals surface area (Å²) in [6.07, 6.45) is 0. The molecule has 1 aliphatic heterocycles. The smallest absolute Gasteiger partial charge is 0.231 e. The zero-order chi connectivity index (χ0) is 13.5. The number of nitrogens with zero attached hydrogens (tertiary/aromatic N) is 1. The van der Waals surface area contributed by atoms with Gasteiger partial charge in [0.25, 0.3) is 0 Å². The number of fused-ring (bicyclic) bond motifs is 2. The van der Waals surface area contributed by atoms with Gasteiger partial charge in [-0.05, 0) is 30.3 Å². The number of benzene rings is 2. The maximum atomic E-state index is 5.97. The Labute approximate surface area is 123 Å². The number of nitrogens with one attached hydrogen (secondary N) is 1. The summed E-state index contributed by atoms with van der Waals surface area (Å²) in [6, 6.07) is 11.4. The first kappa shape index (κ1) is 11.8. The molecule has 0 spiro atoms. The third-order valence-corrected chi connectivity index (χ3v) is 4.16. The molecule has 0 aliphatic carbocycles. The molecule has 2 aromatic carbocycles. The highest BCUT2D eigenvalue weighted by Gasteiger charge is 2.13. The minimum Gasteiger partial charge on any atom is -0.454 e. The van der Waals surface area contributed by atoms with Crippen molar-refractivity contribution in [3.05, 3.63) is 41.4 Å². The molecule has 4 nitrogen and oxygen atoms in total. The summed E-state index contributed by atoms with van der Waals surface area (Å²) in [5, 5.41) is 4.78. The highest BCUT2D eigenvalue weighted by molar-refractivity contribution is 7.22. The summed E-state index contributed by atoms with van der Waals surface area (Å²) in [7, 11) is 0. The molecule has 2 heterocycles. The van der Waals surface area contributed by atoms with Crippen LogP contribution in [0.4, 0.5) is 10.8 Å². The number of hydrogen-bond donors (Lipinski definition) is 1. The minimum absolute atomic E-state index is 0.276. The van der Waals surface area contributed by atoms with E-state index in [0.717, 1.165) is 32.5 Å². The third-order valence-electron chi connectivity index (χ3n) is 2.97. The summed E-state index contributed by atoms with van der Waals surface area (Å²) < 4.78 is 11.7. The first-order valence-corrected chi connectivity index (χ1v) is 7.20. The van der Waals surface area contributed by atoms with Crippen molar-refractivity contribution in [2.45, 2.75) is 0 Å². The fourth-order valence-corrected chi connectivity index (χ4v) is 3.08. The summed E-state index contributed by atoms with van der Waals surface area (Å²) in [4.78, 5) is 4.51. The molecule has 1 N–H and O–H groups in total. The van der Waals surface area contributed by atoms with E-state index in [-0.39, 0.29) is 6.79 Å². The van der Waals surface area contributed by atoms with Gasteiger partial charge in [0, 0.05) is 16.8 Å². The monoisotopic (exact) mass is 304 g/mol. The molecule has 1 aliphatic rings. The number of anilines is 2. The zero-order valence-electron chi connectivity index (χ0n) is 10.2. The molecular formula is C14H9ClN2O2S. The molecule has 0 saturated heterocycles. The Morgan fingerprint density at radius 3 is 2.95 bits per heavy atom. The van der Waals surface area contributed by atoms with Crippen LogP contribution in [0.25, 0.3) is 10.2 Å². The predicted molar refractivity (Wildman–Crippen MR) is 80.5 cm³/mol. The van der Waals surface area contributed by atoms with Gasteiger partial charge in [0.2, 0.25) is 6.79 Å². The lowest BCUT2D eigenvalue weighted by atomic mass is 10.3. The zero-order valence-corrected chi connectivity index (χ0v) is 11.8. The van der Waals surface area contributed by atoms with E-state index in [1.54, 1.807) is 11.3 Å². The van der Waals surface area contributed by atoms with Gasteiger partial charge in [0.15, 0.2) is 16.6 Å². The maximum Gasteiger partial charge on any atom is 0.231 e. The van der Waals surface area contributed by atoms with Gasteiger partial charge in [-0.2, -0.15) is 0 Å². The van der Waals surface area contributed by atoms with Gasteiger partial charge in [-0.3, -0.25) is 0 Å². The minimum atomic E-state index is 0.276. The standard InChI is InChI=1S/C14H9ClN2O2S/c15-8-1-4-13-10(5-8)17-14(20-13)16-9-2-3-11-12(6-9)19-7-18-11/h1-6H,7H2,(H,16,17). The Bertz CT molecular complexity index is 803. The van der Waals surface area contributed by atoms with E-state index in [2.05, 4.69) is 10.3 Å². The number of rotatable bonds is 2. The lowest BCUT2D eigenvalue weighted by Gasteiger charge is -2.03. The second kappa shape index (κ2) is 4.54. The van der Waals surface area contributed by atoms with Crippen LogP contribution in [0.15, 0.2) is 36.4 Å². The number of thiazole rings is 1. The van der Waals surface area contributed by atoms with Crippen LogP contribution in [0.1, 0.15) is 0 Å². The summed E-state index contributed by atoms with van der Waals surface area (Å²) >= 11 is 7.55. The molecule has 0 bridgehead atoms. The fraction of sp³-hybridized carbons (Fsp3) is 0.0714. The van der Waals surface area contributed by atoms with Crippen LogP contribution in [0.2, 0.25) is 5.02 Å². The molecule has 0 fully saturated rings. The Morgan fingerprint density at radius 1 is 1.10 bits per heavy atom. The first-order valence-electron chi connectivity index (χ1n) is 6.01. The first-order chi connectivity index (χ1) is 9.78. The predicted octanol–water partition coefficient (Wildman–Crippen LogP) is 4.42. The molecule has 20 heavy (non-hydrogen) atoms. The van der Waals surface area contributed by atoms with Crippen LogP contribution in [-0.4, -0.2) is 11.8 Å². The van der Waals surface area contributed by atoms with Crippen molar-refractivity contribution >= 4 is 44.0 Å². The number of hydrogen-bond acceptors (Lipinski definition) is 5. The van der Waals surface area contributed by atoms with Crippen molar-refractivity contribution in [3.63, 3.8) is 0 Å². The van der Waals surface area contributed by atoms with Gasteiger partial charge < -0.3 is 14.8 Å². The van der Waals surface area contributed by atoms with Crippen LogP contribution in [-0.2, 0) is 0 Å². The second-order valence-corrected chi connectivity index (χ2v) is 5.79. The molecule has 0 radical (unpaired) electrons. The van der Waals surface area contributed by atoms with Crippen LogP contribution >= 0.6 is 22.9 Å². The average Bonchev–Trinajstić information content (AvgIpc) is 3.03. The molecule has 4 rings (SSSR count). The van der Waals surface area contributed by atoms with Crippen LogP contribution in [0.3, 0.4) is 0 Å². The summed E-state index contributed by atoms with van der Waals surface area (Å²) in [5.74, 6) is 1.52. The van der Waals surface area contributed by atoms with E-state index in [4.69, 9.17) is 21.1 Å². The van der Waals surface area contributed by atoms with E-state index < -0.39 is 0 Å². The number of aromatic nitrogens is 1. The van der Waals surface area contributed by atoms with Gasteiger partial charge in [-0.1, -0.05) is 22.9 Å². The lowest BCUT2D eigenvalue weighted by molar-refractivity contribution is 0.174. The maximum absolute atomic E-state index is 5.97. The summed E-state index contributed by atoms with van der Waals surface area (Å²) in [5.41, 5.74) is 1.81. The number of ether oxygens (including phenoxy) is 2. The number of halogens is 1. The molecule has 0 unspecified atom stereocenters. The van der Waals surface area contributed by atoms with Gasteiger partial charge in [0.1, 0.15) is 0 Å². The Balaban J connectivity index is 1.66. The SMILES string of the molecule is Clc1ccc2sc(Nc3ccc4c(c3)OCO4)nc2c1. The van der Waals surface area contributed by atoms with E-state index in [1.807, 2.05) is 36.4 Å². The molecule has 1 aromatic heterocycles. The van der Waals surface area contributed by atoms with Gasteiger partial charge >= 0.3 is 0 Å². The Kier molecular flexibility index (Phi) is 2.68. The van der Waals surface area contributed by atoms with E-state index >= 15 is 0 Å². The Morgan fingerprint density at radius 2 is 2.00 bits per heavy atom. The van der Waals surface area contributed by atoms with Crippen molar-refractivity contribution in [2.24, 2.45) is 0 Å². The molecular weight excluding hydrogens is 296 g/mol. The van der Waals surface area contributed by atoms with Crippen molar-refractivity contribution in [3.8, 4) is 11.5 Å². The van der Waals surface area contributed by atoms with Gasteiger partial charge in [-0.25, -0.2) is 4.98 Å². The average molecular weight is 305 g/mol. The van der Waals surface area contributed by atoms with Crippen molar-refractivity contribution < 1.29 is 9.47 Å². The summed E-state index contributed by atoms with van der Waals surface area (Å²) in [6.45, 7) is 0.276. The molecule has 0 atom stereocenters. The van der Waals surface area contributed by atoms with Crippen LogP contribution in [0.5, 0.6) is 11.5 Å². The Hall–Kier alpha value is -1.98. The largest absolute Gasteiger partial charge is 0.454 e. The van der Waals surface area contributed by atoms with E-state index in [0.29, 0.717) is 5.02 Å². The fourth-order valence-electron chi connectivity index (χ4n) is 2.05. The molecule has 0 amide bonds. The second-order valence-electron chi connectivity index (χ2n) is 4.32. The van der Waals surface area contributed by atoms with E-state index in [9.17, 15) is 0 Å².